The summed E-state index contributed by atoms with van der Waals surface area (Å²) in [6.45, 7) is 4.46. The second-order valence-electron chi connectivity index (χ2n) is 4.72. The van der Waals surface area contributed by atoms with Crippen LogP contribution in [0.3, 0.4) is 0 Å². The van der Waals surface area contributed by atoms with Crippen molar-refractivity contribution in [3.8, 4) is 0 Å². The van der Waals surface area contributed by atoms with Crippen molar-refractivity contribution < 1.29 is 14.6 Å². The highest BCUT2D eigenvalue weighted by Crippen LogP contribution is 2.14. The fourth-order valence-electron chi connectivity index (χ4n) is 1.68. The summed E-state index contributed by atoms with van der Waals surface area (Å²) in [6.07, 6.45) is -0.680. The van der Waals surface area contributed by atoms with Crippen LogP contribution in [-0.2, 0) is 4.74 Å². The molecule has 0 saturated carbocycles. The predicted octanol–water partition coefficient (Wildman–Crippen LogP) is 1.77. The number of nitrogens with zero attached hydrogens (tertiary/aromatic N) is 1. The molecule has 2 N–H and O–H groups in total. The average Bonchev–Trinajstić information content (AvgIpc) is 2.34. The number of carbonyl (C=O) groups excluding carboxylic acids is 1. The summed E-state index contributed by atoms with van der Waals surface area (Å²) in [5, 5.41) is 12.4. The van der Waals surface area contributed by atoms with E-state index in [9.17, 15) is 9.90 Å². The number of rotatable bonds is 5. The third kappa shape index (κ3) is 4.89. The van der Waals surface area contributed by atoms with Gasteiger partial charge >= 0.3 is 6.03 Å². The van der Waals surface area contributed by atoms with E-state index in [0.29, 0.717) is 0 Å². The Kier molecular flexibility index (Phi) is 5.79. The van der Waals surface area contributed by atoms with E-state index in [4.69, 9.17) is 4.74 Å². The number of hydrogen-bond acceptors (Lipinski definition) is 3. The number of likely N-dealkylation sites (N-methyl/N-ethyl adjacent to an activating group) is 1. The van der Waals surface area contributed by atoms with E-state index in [2.05, 4.69) is 5.32 Å². The van der Waals surface area contributed by atoms with Crippen molar-refractivity contribution in [2.75, 3.05) is 32.6 Å². The number of methoxy groups -OCH3 is 1. The molecule has 1 aromatic carbocycles. The molecule has 0 radical (unpaired) electrons. The van der Waals surface area contributed by atoms with Crippen molar-refractivity contribution >= 4 is 11.7 Å². The molecular formula is C14H22N2O3. The highest BCUT2D eigenvalue weighted by atomic mass is 16.5. The average molecular weight is 266 g/mol. The Labute approximate surface area is 114 Å². The zero-order chi connectivity index (χ0) is 14.4. The summed E-state index contributed by atoms with van der Waals surface area (Å²) >= 11 is 0. The monoisotopic (exact) mass is 266 g/mol. The van der Waals surface area contributed by atoms with Gasteiger partial charge in [-0.3, -0.25) is 0 Å². The Morgan fingerprint density at radius 1 is 1.42 bits per heavy atom. The largest absolute Gasteiger partial charge is 0.389 e. The molecule has 0 spiro atoms. The van der Waals surface area contributed by atoms with Crippen LogP contribution in [0.15, 0.2) is 18.2 Å². The van der Waals surface area contributed by atoms with Crippen LogP contribution < -0.4 is 5.32 Å². The van der Waals surface area contributed by atoms with Crippen LogP contribution in [0.2, 0.25) is 0 Å². The number of anilines is 1. The lowest BCUT2D eigenvalue weighted by molar-refractivity contribution is 0.0501. The van der Waals surface area contributed by atoms with E-state index in [0.717, 1.165) is 11.3 Å². The number of carbonyl (C=O) groups is 1. The van der Waals surface area contributed by atoms with Crippen LogP contribution in [0.5, 0.6) is 0 Å². The summed E-state index contributed by atoms with van der Waals surface area (Å²) in [5.41, 5.74) is 3.06. The van der Waals surface area contributed by atoms with Crippen LogP contribution in [0.25, 0.3) is 0 Å². The minimum Gasteiger partial charge on any atom is -0.389 e. The fourth-order valence-corrected chi connectivity index (χ4v) is 1.68. The first-order valence-electron chi connectivity index (χ1n) is 6.20. The Morgan fingerprint density at radius 3 is 2.68 bits per heavy atom. The molecule has 1 rings (SSSR count). The maximum absolute atomic E-state index is 11.9. The molecule has 0 aliphatic heterocycles. The first kappa shape index (κ1) is 15.5. The summed E-state index contributed by atoms with van der Waals surface area (Å²) in [4.78, 5) is 13.3. The molecule has 1 atom stereocenters. The van der Waals surface area contributed by atoms with Gasteiger partial charge in [-0.05, 0) is 37.1 Å². The second kappa shape index (κ2) is 7.11. The van der Waals surface area contributed by atoms with Gasteiger partial charge in [-0.15, -0.1) is 0 Å². The lowest BCUT2D eigenvalue weighted by Gasteiger charge is -2.21. The molecule has 19 heavy (non-hydrogen) atoms. The van der Waals surface area contributed by atoms with Gasteiger partial charge in [0, 0.05) is 19.8 Å². The molecule has 0 heterocycles. The van der Waals surface area contributed by atoms with Gasteiger partial charge in [0.05, 0.1) is 19.3 Å². The summed E-state index contributed by atoms with van der Waals surface area (Å²) in [7, 11) is 3.15. The Morgan fingerprint density at radius 2 is 2.11 bits per heavy atom. The third-order valence-corrected chi connectivity index (χ3v) is 2.95. The lowest BCUT2D eigenvalue weighted by Crippen LogP contribution is -2.38. The van der Waals surface area contributed by atoms with Gasteiger partial charge < -0.3 is 20.1 Å². The molecule has 106 valence electrons. The molecule has 0 aliphatic rings. The predicted molar refractivity (Wildman–Crippen MR) is 75.4 cm³/mol. The lowest BCUT2D eigenvalue weighted by atomic mass is 10.1. The molecular weight excluding hydrogens is 244 g/mol. The van der Waals surface area contributed by atoms with Gasteiger partial charge in [-0.1, -0.05) is 6.07 Å². The van der Waals surface area contributed by atoms with Crippen LogP contribution in [-0.4, -0.2) is 49.5 Å². The minimum absolute atomic E-state index is 0.210. The van der Waals surface area contributed by atoms with Crippen molar-refractivity contribution in [2.24, 2.45) is 0 Å². The number of benzene rings is 1. The van der Waals surface area contributed by atoms with Gasteiger partial charge in [0.15, 0.2) is 0 Å². The smallest absolute Gasteiger partial charge is 0.321 e. The quantitative estimate of drug-likeness (QED) is 0.854. The molecule has 1 unspecified atom stereocenters. The molecule has 0 fully saturated rings. The SMILES string of the molecule is COCC(O)CN(C)C(=O)Nc1ccc(C)c(C)c1. The number of urea groups is 1. The zero-order valence-corrected chi connectivity index (χ0v) is 11.9. The molecule has 0 saturated heterocycles. The first-order chi connectivity index (χ1) is 8.93. The van der Waals surface area contributed by atoms with Gasteiger partial charge in [0.2, 0.25) is 0 Å². The molecule has 5 heteroatoms. The number of aliphatic hydroxyl groups excluding tert-OH is 1. The summed E-state index contributed by atoms with van der Waals surface area (Å²) < 4.78 is 4.82. The van der Waals surface area contributed by atoms with Gasteiger partial charge in [-0.2, -0.15) is 0 Å². The van der Waals surface area contributed by atoms with Crippen molar-refractivity contribution in [3.05, 3.63) is 29.3 Å². The second-order valence-corrected chi connectivity index (χ2v) is 4.72. The molecule has 0 bridgehead atoms. The number of hydrogen-bond donors (Lipinski definition) is 2. The number of ether oxygens (including phenoxy) is 1. The topological polar surface area (TPSA) is 61.8 Å². The van der Waals surface area contributed by atoms with E-state index in [1.807, 2.05) is 32.0 Å². The first-order valence-corrected chi connectivity index (χ1v) is 6.20. The maximum atomic E-state index is 11.9. The van der Waals surface area contributed by atoms with E-state index >= 15 is 0 Å². The van der Waals surface area contributed by atoms with Crippen LogP contribution in [0.1, 0.15) is 11.1 Å². The van der Waals surface area contributed by atoms with Crippen molar-refractivity contribution in [1.29, 1.82) is 0 Å². The number of nitrogens with one attached hydrogen (secondary N) is 1. The summed E-state index contributed by atoms with van der Waals surface area (Å²) in [5.74, 6) is 0. The summed E-state index contributed by atoms with van der Waals surface area (Å²) in [6, 6.07) is 5.50. The Balaban J connectivity index is 2.56. The van der Waals surface area contributed by atoms with E-state index in [1.54, 1.807) is 7.05 Å². The number of aliphatic hydroxyl groups is 1. The molecule has 0 aliphatic carbocycles. The Bertz CT molecular complexity index is 435. The van der Waals surface area contributed by atoms with Crippen LogP contribution >= 0.6 is 0 Å². The highest BCUT2D eigenvalue weighted by Gasteiger charge is 2.13. The number of amides is 2. The van der Waals surface area contributed by atoms with Crippen molar-refractivity contribution in [1.82, 2.24) is 4.90 Å². The molecule has 2 amide bonds. The van der Waals surface area contributed by atoms with E-state index in [1.165, 1.54) is 17.6 Å². The zero-order valence-electron chi connectivity index (χ0n) is 11.9. The normalized spacial score (nSPS) is 12.1. The standard InChI is InChI=1S/C14H22N2O3/c1-10-5-6-12(7-11(10)2)15-14(18)16(3)8-13(17)9-19-4/h5-7,13,17H,8-9H2,1-4H3,(H,15,18). The van der Waals surface area contributed by atoms with Gasteiger partial charge in [0.25, 0.3) is 0 Å². The molecule has 0 aromatic heterocycles. The molecule has 1 aromatic rings. The minimum atomic E-state index is -0.680. The maximum Gasteiger partial charge on any atom is 0.321 e. The van der Waals surface area contributed by atoms with E-state index < -0.39 is 6.10 Å². The van der Waals surface area contributed by atoms with Crippen LogP contribution in [0.4, 0.5) is 10.5 Å². The van der Waals surface area contributed by atoms with Crippen molar-refractivity contribution in [2.45, 2.75) is 20.0 Å². The van der Waals surface area contributed by atoms with Gasteiger partial charge in [0.1, 0.15) is 0 Å². The van der Waals surface area contributed by atoms with Gasteiger partial charge in [-0.25, -0.2) is 4.79 Å². The third-order valence-electron chi connectivity index (χ3n) is 2.95. The Hall–Kier alpha value is -1.59. The van der Waals surface area contributed by atoms with Crippen molar-refractivity contribution in [3.63, 3.8) is 0 Å². The van der Waals surface area contributed by atoms with E-state index in [-0.39, 0.29) is 19.2 Å². The van der Waals surface area contributed by atoms with Crippen LogP contribution in [0, 0.1) is 13.8 Å². The fraction of sp³-hybridized carbons (Fsp3) is 0.500. The number of aryl methyl sites for hydroxylation is 2. The highest BCUT2D eigenvalue weighted by molar-refractivity contribution is 5.89. The molecule has 5 nitrogen and oxygen atoms in total.